The molecule has 0 fully saturated rings. The van der Waals surface area contributed by atoms with Crippen LogP contribution in [0.2, 0.25) is 10.0 Å². The number of fused-ring (bicyclic) bond motifs is 2. The molecule has 12 nitrogen and oxygen atoms in total. The maximum absolute atomic E-state index is 12.6. The first kappa shape index (κ1) is 37.6. The van der Waals surface area contributed by atoms with Crippen molar-refractivity contribution >= 4 is 97.8 Å². The van der Waals surface area contributed by atoms with Gasteiger partial charge in [-0.1, -0.05) is 41.4 Å². The summed E-state index contributed by atoms with van der Waals surface area (Å²) in [4.78, 5) is 28.4. The molecule has 6 N–H and O–H groups in total. The average Bonchev–Trinajstić information content (AvgIpc) is 3.97. The number of aromatic nitrogens is 4. The number of benzene rings is 2. The van der Waals surface area contributed by atoms with Crippen LogP contribution in [0, 0.1) is 0 Å². The smallest absolute Gasteiger partial charge is 0.423 e. The van der Waals surface area contributed by atoms with Gasteiger partial charge in [0.1, 0.15) is 4.60 Å². The number of amides is 4. The van der Waals surface area contributed by atoms with Gasteiger partial charge in [0.15, 0.2) is 0 Å². The highest BCUT2D eigenvalue weighted by molar-refractivity contribution is 9.10. The Morgan fingerprint density at radius 3 is 1.87 bits per heavy atom. The van der Waals surface area contributed by atoms with Crippen molar-refractivity contribution in [3.63, 3.8) is 0 Å². The molecule has 0 bridgehead atoms. The Morgan fingerprint density at radius 1 is 0.788 bits per heavy atom. The molecule has 0 spiro atoms. The van der Waals surface area contributed by atoms with E-state index in [1.807, 2.05) is 29.6 Å². The number of H-pyrrole nitrogens is 2. The molecule has 6 heterocycles. The molecule has 8 rings (SSSR count). The van der Waals surface area contributed by atoms with Crippen molar-refractivity contribution in [1.29, 1.82) is 0 Å². The fourth-order valence-corrected chi connectivity index (χ4v) is 7.65. The zero-order valence-corrected chi connectivity index (χ0v) is 32.1. The molecule has 2 aromatic carbocycles. The van der Waals surface area contributed by atoms with Gasteiger partial charge in [0.25, 0.3) is 0 Å². The van der Waals surface area contributed by atoms with Crippen LogP contribution in [0.15, 0.2) is 86.8 Å². The molecule has 0 unspecified atom stereocenters. The quantitative estimate of drug-likeness (QED) is 0.103. The molecule has 0 radical (unpaired) electrons. The van der Waals surface area contributed by atoms with E-state index in [0.29, 0.717) is 53.1 Å². The summed E-state index contributed by atoms with van der Waals surface area (Å²) in [5.74, 6) is 0. The van der Waals surface area contributed by atoms with Crippen molar-refractivity contribution < 1.29 is 19.6 Å². The van der Waals surface area contributed by atoms with Crippen LogP contribution in [-0.4, -0.2) is 72.5 Å². The molecule has 52 heavy (non-hydrogen) atoms. The number of nitrogens with zero attached hydrogens (tertiary/aromatic N) is 4. The van der Waals surface area contributed by atoms with Crippen LogP contribution in [0.25, 0.3) is 11.3 Å². The fraction of sp³-hybridized carbons (Fsp3) is 0.176. The fourth-order valence-electron chi connectivity index (χ4n) is 5.50. The molecule has 2 aliphatic rings. The van der Waals surface area contributed by atoms with Gasteiger partial charge in [-0.2, -0.15) is 32.9 Å². The number of anilines is 2. The molecule has 2 aliphatic heterocycles. The third-order valence-electron chi connectivity index (χ3n) is 8.18. The number of thiophene rings is 2. The minimum atomic E-state index is -1.30. The van der Waals surface area contributed by atoms with Crippen molar-refractivity contribution in [3.8, 4) is 11.3 Å². The number of hydrogen-bond donors (Lipinski definition) is 6. The Morgan fingerprint density at radius 2 is 1.35 bits per heavy atom. The average molecular weight is 842 g/mol. The van der Waals surface area contributed by atoms with Crippen LogP contribution >= 0.6 is 61.8 Å². The van der Waals surface area contributed by atoms with Crippen LogP contribution in [0.1, 0.15) is 22.5 Å². The summed E-state index contributed by atoms with van der Waals surface area (Å²) in [6.45, 7) is 2.40. The van der Waals surface area contributed by atoms with Gasteiger partial charge < -0.3 is 30.5 Å². The van der Waals surface area contributed by atoms with E-state index in [-0.39, 0.29) is 12.1 Å². The number of carbonyl (C=O) groups excluding carboxylic acids is 2. The maximum Gasteiger partial charge on any atom is 0.489 e. The molecule has 268 valence electrons. The number of halogens is 3. The third kappa shape index (κ3) is 9.63. The van der Waals surface area contributed by atoms with Crippen LogP contribution in [-0.2, 0) is 25.9 Å². The Hall–Kier alpha value is -4.16. The summed E-state index contributed by atoms with van der Waals surface area (Å²) in [7, 11) is -1.30. The minimum Gasteiger partial charge on any atom is -0.423 e. The van der Waals surface area contributed by atoms with Crippen LogP contribution < -0.4 is 16.1 Å². The number of hydrogen-bond acceptors (Lipinski definition) is 8. The van der Waals surface area contributed by atoms with E-state index < -0.39 is 7.12 Å². The largest absolute Gasteiger partial charge is 0.489 e. The Balaban J connectivity index is 0.000000149. The molecule has 4 amide bonds. The highest BCUT2D eigenvalue weighted by Gasteiger charge is 2.26. The second-order valence-corrected chi connectivity index (χ2v) is 14.9. The molecule has 18 heteroatoms. The maximum atomic E-state index is 12.6. The van der Waals surface area contributed by atoms with E-state index in [2.05, 4.69) is 52.3 Å². The normalized spacial score (nSPS) is 13.1. The molecular weight excluding hydrogens is 810 g/mol. The first-order valence-electron chi connectivity index (χ1n) is 16.0. The molecule has 0 saturated carbocycles. The number of rotatable bonds is 4. The van der Waals surface area contributed by atoms with E-state index in [4.69, 9.17) is 33.2 Å². The highest BCUT2D eigenvalue weighted by atomic mass is 79.9. The lowest BCUT2D eigenvalue weighted by Crippen LogP contribution is -2.38. The second kappa shape index (κ2) is 17.6. The lowest BCUT2D eigenvalue weighted by atomic mass is 9.83. The van der Waals surface area contributed by atoms with E-state index in [0.717, 1.165) is 51.2 Å². The SMILES string of the molecule is O=C(Nc1cccc(Cl)c1)N1CCc2[nH]nc(-c3ccsc3)c2C1.O=C(Nc1cccc(Cl)c1)N1CCc2[nH]nc(Br)c2C1.OB(O)c1ccsc1. The number of urea groups is 2. The van der Waals surface area contributed by atoms with Gasteiger partial charge in [0.2, 0.25) is 0 Å². The van der Waals surface area contributed by atoms with E-state index in [1.54, 1.807) is 68.3 Å². The number of carbonyl (C=O) groups is 2. The summed E-state index contributed by atoms with van der Waals surface area (Å²) in [5, 5.41) is 46.1. The summed E-state index contributed by atoms with van der Waals surface area (Å²) in [6, 6.07) is 17.7. The lowest BCUT2D eigenvalue weighted by molar-refractivity contribution is 0.205. The second-order valence-electron chi connectivity index (χ2n) is 11.7. The molecule has 0 saturated heterocycles. The van der Waals surface area contributed by atoms with Crippen molar-refractivity contribution in [3.05, 3.63) is 119 Å². The molecule has 0 aliphatic carbocycles. The standard InChI is InChI=1S/C17H15ClN4OS.C13H12BrClN4O.C4H5BO2S/c18-12-2-1-3-13(8-12)19-17(23)22-6-4-15-14(9-22)16(21-20-15)11-5-7-24-10-11;14-12-10-7-19(5-4-11(10)17-18-12)13(20)16-9-3-1-2-8(15)6-9;6-5(7)4-1-2-8-3-4/h1-3,5,7-8,10H,4,6,9H2,(H,19,23)(H,20,21);1-3,6H,4-5,7H2,(H,16,20)(H,17,18);1-3,6-7H. The zero-order chi connectivity index (χ0) is 36.6. The first-order valence-corrected chi connectivity index (χ1v) is 19.4. The van der Waals surface area contributed by atoms with E-state index in [9.17, 15) is 9.59 Å². The minimum absolute atomic E-state index is 0.125. The summed E-state index contributed by atoms with van der Waals surface area (Å²) in [5.41, 5.74) is 8.32. The molecular formula is C34H32BBrCl2N8O4S2. The van der Waals surface area contributed by atoms with E-state index in [1.165, 1.54) is 11.3 Å². The van der Waals surface area contributed by atoms with Crippen molar-refractivity contribution in [2.24, 2.45) is 0 Å². The van der Waals surface area contributed by atoms with Crippen LogP contribution in [0.3, 0.4) is 0 Å². The van der Waals surface area contributed by atoms with Gasteiger partial charge in [0.05, 0.1) is 18.8 Å². The van der Waals surface area contributed by atoms with Gasteiger partial charge in [-0.3, -0.25) is 10.2 Å². The van der Waals surface area contributed by atoms with Crippen molar-refractivity contribution in [2.75, 3.05) is 23.7 Å². The number of nitrogens with one attached hydrogen (secondary N) is 4. The highest BCUT2D eigenvalue weighted by Crippen LogP contribution is 2.30. The van der Waals surface area contributed by atoms with E-state index >= 15 is 0 Å². The predicted octanol–water partition coefficient (Wildman–Crippen LogP) is 7.23. The molecule has 0 atom stereocenters. The first-order chi connectivity index (χ1) is 25.1. The van der Waals surface area contributed by atoms with Crippen molar-refractivity contribution in [2.45, 2.75) is 25.9 Å². The van der Waals surface area contributed by atoms with Crippen molar-refractivity contribution in [1.82, 2.24) is 30.2 Å². The lowest BCUT2D eigenvalue weighted by Gasteiger charge is -2.27. The van der Waals surface area contributed by atoms with Crippen LogP contribution in [0.4, 0.5) is 21.0 Å². The zero-order valence-electron chi connectivity index (χ0n) is 27.4. The summed E-state index contributed by atoms with van der Waals surface area (Å²) < 4.78 is 0.771. The topological polar surface area (TPSA) is 162 Å². The Bertz CT molecular complexity index is 2110. The monoisotopic (exact) mass is 840 g/mol. The van der Waals surface area contributed by atoms with Gasteiger partial charge in [0, 0.05) is 80.8 Å². The van der Waals surface area contributed by atoms with Gasteiger partial charge >= 0.3 is 19.2 Å². The van der Waals surface area contributed by atoms with Crippen LogP contribution in [0.5, 0.6) is 0 Å². The predicted molar refractivity (Wildman–Crippen MR) is 212 cm³/mol. The van der Waals surface area contributed by atoms with Gasteiger partial charge in [-0.15, -0.1) is 0 Å². The molecule has 4 aromatic heterocycles. The summed E-state index contributed by atoms with van der Waals surface area (Å²) in [6.07, 6.45) is 1.55. The van der Waals surface area contributed by atoms with Gasteiger partial charge in [-0.25, -0.2) is 9.59 Å². The number of aromatic amines is 2. The Labute approximate surface area is 326 Å². The van der Waals surface area contributed by atoms with Gasteiger partial charge in [-0.05, 0) is 80.0 Å². The Kier molecular flexibility index (Phi) is 12.7. The third-order valence-corrected chi connectivity index (χ3v) is 10.7. The molecule has 6 aromatic rings. The summed E-state index contributed by atoms with van der Waals surface area (Å²) >= 11 is 18.3.